The minimum Gasteiger partial charge on any atom is -0.359 e. The zero-order chi connectivity index (χ0) is 27.9. The van der Waals surface area contributed by atoms with E-state index in [1.165, 1.54) is 64.5 Å². The summed E-state index contributed by atoms with van der Waals surface area (Å²) in [5.74, 6) is 1.62. The normalized spacial score (nSPS) is 17.3. The molecule has 0 spiro atoms. The van der Waals surface area contributed by atoms with Crippen LogP contribution in [0.2, 0.25) is 0 Å². The molecule has 0 saturated heterocycles. The third-order valence-corrected chi connectivity index (χ3v) is 9.30. The van der Waals surface area contributed by atoms with Crippen molar-refractivity contribution >= 4 is 7.60 Å². The minimum atomic E-state index is -3.40. The molecule has 0 aromatic carbocycles. The molecule has 5 nitrogen and oxygen atoms in total. The molecule has 222 valence electrons. The van der Waals surface area contributed by atoms with Crippen LogP contribution in [0.15, 0.2) is 12.4 Å². The first kappa shape index (κ1) is 36.5. The summed E-state index contributed by atoms with van der Waals surface area (Å²) in [4.78, 5) is 14.9. The van der Waals surface area contributed by atoms with E-state index in [4.69, 9.17) is 4.52 Å². The quantitative estimate of drug-likeness (QED) is 0.137. The maximum Gasteiger partial charge on any atom is 0.328 e. The standard InChI is InChI=1S/C16H35O3P.C15H30N2/c1-5-9-11-15(7-3)13-19-20(17,18)14-16(8-4)12-10-6-2;1-4-7-9-15(6-3)13-17-12-11-16(14-17)10-8-5-2/h15-16H,5-14H2,1-4H3,(H,17,18);11-12,15H,4-10,13-14H2,1-3H3. The van der Waals surface area contributed by atoms with Gasteiger partial charge >= 0.3 is 7.60 Å². The van der Waals surface area contributed by atoms with Gasteiger partial charge in [0.2, 0.25) is 0 Å². The summed E-state index contributed by atoms with van der Waals surface area (Å²) in [7, 11) is -3.40. The molecule has 0 saturated carbocycles. The van der Waals surface area contributed by atoms with Gasteiger partial charge in [0.15, 0.2) is 0 Å². The van der Waals surface area contributed by atoms with E-state index in [0.717, 1.165) is 51.1 Å². The maximum absolute atomic E-state index is 12.2. The van der Waals surface area contributed by atoms with Crippen LogP contribution in [0.25, 0.3) is 0 Å². The second kappa shape index (κ2) is 23.4. The summed E-state index contributed by atoms with van der Waals surface area (Å²) in [6, 6.07) is 0. The fourth-order valence-electron chi connectivity index (χ4n) is 4.81. The van der Waals surface area contributed by atoms with Gasteiger partial charge in [-0.1, -0.05) is 113 Å². The van der Waals surface area contributed by atoms with Gasteiger partial charge in [-0.2, -0.15) is 0 Å². The van der Waals surface area contributed by atoms with Crippen LogP contribution in [0.4, 0.5) is 0 Å². The largest absolute Gasteiger partial charge is 0.359 e. The van der Waals surface area contributed by atoms with Crippen molar-refractivity contribution in [2.75, 3.05) is 32.5 Å². The van der Waals surface area contributed by atoms with Crippen molar-refractivity contribution in [2.24, 2.45) is 17.8 Å². The van der Waals surface area contributed by atoms with E-state index in [0.29, 0.717) is 24.6 Å². The van der Waals surface area contributed by atoms with Crippen molar-refractivity contribution in [2.45, 2.75) is 138 Å². The third-order valence-electron chi connectivity index (χ3n) is 7.77. The van der Waals surface area contributed by atoms with Crippen LogP contribution in [0.1, 0.15) is 138 Å². The highest BCUT2D eigenvalue weighted by molar-refractivity contribution is 7.52. The molecule has 0 aliphatic carbocycles. The monoisotopic (exact) mass is 544 g/mol. The van der Waals surface area contributed by atoms with Crippen LogP contribution >= 0.6 is 7.60 Å². The van der Waals surface area contributed by atoms with Crippen molar-refractivity contribution in [3.63, 3.8) is 0 Å². The van der Waals surface area contributed by atoms with E-state index in [2.05, 4.69) is 70.7 Å². The highest BCUT2D eigenvalue weighted by Gasteiger charge is 2.25. The summed E-state index contributed by atoms with van der Waals surface area (Å²) in [5, 5.41) is 0. The molecule has 0 aromatic rings. The number of hydrogen-bond donors (Lipinski definition) is 1. The Morgan fingerprint density at radius 2 is 1.22 bits per heavy atom. The first-order valence-corrected chi connectivity index (χ1v) is 17.7. The molecule has 1 N–H and O–H groups in total. The van der Waals surface area contributed by atoms with E-state index in [1.54, 1.807) is 0 Å². The smallest absolute Gasteiger partial charge is 0.328 e. The van der Waals surface area contributed by atoms with Crippen molar-refractivity contribution in [3.05, 3.63) is 12.4 Å². The van der Waals surface area contributed by atoms with E-state index >= 15 is 0 Å². The molecule has 6 heteroatoms. The van der Waals surface area contributed by atoms with Crippen LogP contribution in [-0.4, -0.2) is 47.2 Å². The number of hydrogen-bond acceptors (Lipinski definition) is 4. The lowest BCUT2D eigenvalue weighted by Crippen LogP contribution is -2.29. The summed E-state index contributed by atoms with van der Waals surface area (Å²) in [6.07, 6.45) is 21.6. The average molecular weight is 545 g/mol. The molecule has 0 bridgehead atoms. The lowest BCUT2D eigenvalue weighted by molar-refractivity contribution is 0.200. The Hall–Kier alpha value is -0.510. The molecule has 0 aromatic heterocycles. The summed E-state index contributed by atoms with van der Waals surface area (Å²) in [5.41, 5.74) is 0. The number of unbranched alkanes of at least 4 members (excludes halogenated alkanes) is 4. The van der Waals surface area contributed by atoms with Gasteiger partial charge in [-0.05, 0) is 43.4 Å². The van der Waals surface area contributed by atoms with Gasteiger partial charge in [0.1, 0.15) is 0 Å². The van der Waals surface area contributed by atoms with Gasteiger partial charge in [0, 0.05) is 25.5 Å². The molecule has 1 rings (SSSR count). The molecule has 1 aliphatic heterocycles. The molecule has 0 fully saturated rings. The summed E-state index contributed by atoms with van der Waals surface area (Å²) >= 11 is 0. The average Bonchev–Trinajstić information content (AvgIpc) is 3.35. The molecule has 1 heterocycles. The van der Waals surface area contributed by atoms with Crippen molar-refractivity contribution in [3.8, 4) is 0 Å². The molecule has 4 atom stereocenters. The fraction of sp³-hybridized carbons (Fsp3) is 0.935. The second-order valence-corrected chi connectivity index (χ2v) is 13.1. The van der Waals surface area contributed by atoms with Gasteiger partial charge in [-0.25, -0.2) is 0 Å². The van der Waals surface area contributed by atoms with Gasteiger partial charge in [-0.3, -0.25) is 4.57 Å². The van der Waals surface area contributed by atoms with Crippen LogP contribution in [-0.2, 0) is 9.09 Å². The topological polar surface area (TPSA) is 53.0 Å². The summed E-state index contributed by atoms with van der Waals surface area (Å²) < 4.78 is 17.6. The lowest BCUT2D eigenvalue weighted by atomic mass is 9.99. The Morgan fingerprint density at radius 1 is 0.730 bits per heavy atom. The fourth-order valence-corrected chi connectivity index (χ4v) is 6.45. The van der Waals surface area contributed by atoms with Gasteiger partial charge < -0.3 is 19.2 Å². The van der Waals surface area contributed by atoms with E-state index in [-0.39, 0.29) is 0 Å². The highest BCUT2D eigenvalue weighted by atomic mass is 31.2. The third kappa shape index (κ3) is 19.2. The Kier molecular flexibility index (Phi) is 23.1. The van der Waals surface area contributed by atoms with Crippen LogP contribution in [0.3, 0.4) is 0 Å². The first-order valence-electron chi connectivity index (χ1n) is 15.9. The van der Waals surface area contributed by atoms with Gasteiger partial charge in [-0.15, -0.1) is 0 Å². The van der Waals surface area contributed by atoms with Crippen LogP contribution in [0.5, 0.6) is 0 Å². The van der Waals surface area contributed by atoms with E-state index in [9.17, 15) is 9.46 Å². The SMILES string of the molecule is CCCCC(CC)CN1C=CN(CCCC)C1.CCCCC(CC)COP(=O)(O)CC(CC)CCCC. The van der Waals surface area contributed by atoms with Gasteiger partial charge in [0.05, 0.1) is 19.4 Å². The minimum absolute atomic E-state index is 0.321. The Morgan fingerprint density at radius 3 is 1.73 bits per heavy atom. The molecule has 0 radical (unpaired) electrons. The molecule has 4 unspecified atom stereocenters. The lowest BCUT2D eigenvalue weighted by Gasteiger charge is -2.25. The molecule has 1 aliphatic rings. The first-order chi connectivity index (χ1) is 17.8. The van der Waals surface area contributed by atoms with Gasteiger partial charge in [0.25, 0.3) is 0 Å². The zero-order valence-electron chi connectivity index (χ0n) is 25.9. The van der Waals surface area contributed by atoms with Crippen LogP contribution in [0, 0.1) is 17.8 Å². The van der Waals surface area contributed by atoms with E-state index in [1.807, 2.05) is 0 Å². The second-order valence-electron chi connectivity index (χ2n) is 11.2. The van der Waals surface area contributed by atoms with E-state index < -0.39 is 7.60 Å². The van der Waals surface area contributed by atoms with Crippen molar-refractivity contribution < 1.29 is 14.0 Å². The zero-order valence-corrected chi connectivity index (χ0v) is 26.8. The summed E-state index contributed by atoms with van der Waals surface area (Å²) in [6.45, 7) is 19.4. The van der Waals surface area contributed by atoms with Crippen molar-refractivity contribution in [1.29, 1.82) is 0 Å². The van der Waals surface area contributed by atoms with Crippen molar-refractivity contribution in [1.82, 2.24) is 9.80 Å². The Balaban J connectivity index is 0.000000708. The molecular formula is C31H65N2O3P. The maximum atomic E-state index is 12.2. The molecular weight excluding hydrogens is 479 g/mol. The van der Waals surface area contributed by atoms with Crippen LogP contribution < -0.4 is 0 Å². The number of rotatable bonds is 22. The predicted octanol–water partition coefficient (Wildman–Crippen LogP) is 9.67. The highest BCUT2D eigenvalue weighted by Crippen LogP contribution is 2.46. The molecule has 37 heavy (non-hydrogen) atoms. The Labute approximate surface area is 232 Å². The Bertz CT molecular complexity index is 587. The predicted molar refractivity (Wildman–Crippen MR) is 163 cm³/mol. The molecule has 0 amide bonds. The number of nitrogens with zero attached hydrogens (tertiary/aromatic N) is 2.